The van der Waals surface area contributed by atoms with Crippen molar-refractivity contribution in [2.75, 3.05) is 13.1 Å². The summed E-state index contributed by atoms with van der Waals surface area (Å²) >= 11 is 0. The molecule has 1 amide bonds. The van der Waals surface area contributed by atoms with Gasteiger partial charge in [-0.1, -0.05) is 0 Å². The summed E-state index contributed by atoms with van der Waals surface area (Å²) in [7, 11) is 0. The van der Waals surface area contributed by atoms with Crippen LogP contribution in [0.1, 0.15) is 6.42 Å². The number of amides is 1. The van der Waals surface area contributed by atoms with Crippen LogP contribution in [0, 0.1) is 0 Å². The lowest BCUT2D eigenvalue weighted by molar-refractivity contribution is -0.177. The highest BCUT2D eigenvalue weighted by atomic mass is 19.4. The van der Waals surface area contributed by atoms with E-state index in [4.69, 9.17) is 0 Å². The zero-order valence-electron chi connectivity index (χ0n) is 7.50. The molecule has 0 aliphatic carbocycles. The molecule has 0 aromatic carbocycles. The van der Waals surface area contributed by atoms with E-state index in [1.807, 2.05) is 0 Å². The first-order valence-electron chi connectivity index (χ1n) is 4.20. The van der Waals surface area contributed by atoms with Crippen molar-refractivity contribution in [2.24, 2.45) is 0 Å². The average Bonchev–Trinajstić information content (AvgIpc) is 2.06. The third-order valence-corrected chi connectivity index (χ3v) is 2.06. The molecule has 0 spiro atoms. The van der Waals surface area contributed by atoms with E-state index in [0.717, 1.165) is 0 Å². The summed E-state index contributed by atoms with van der Waals surface area (Å²) in [5, 5.41) is 3.76. The number of nitrogens with one attached hydrogen (secondary N) is 2. The van der Waals surface area contributed by atoms with Gasteiger partial charge in [-0.3, -0.25) is 4.79 Å². The summed E-state index contributed by atoms with van der Waals surface area (Å²) in [6, 6.07) is -1.81. The minimum atomic E-state index is -5.13. The van der Waals surface area contributed by atoms with Crippen LogP contribution >= 0.6 is 0 Å². The van der Waals surface area contributed by atoms with Gasteiger partial charge in [-0.05, 0) is 0 Å². The molecule has 88 valence electrons. The molecule has 0 aromatic heterocycles. The summed E-state index contributed by atoms with van der Waals surface area (Å²) < 4.78 is 61.3. The third kappa shape index (κ3) is 3.01. The van der Waals surface area contributed by atoms with Crippen LogP contribution in [0.25, 0.3) is 0 Å². The number of carbonyl (C=O) groups is 1. The lowest BCUT2D eigenvalue weighted by Gasteiger charge is -2.32. The van der Waals surface area contributed by atoms with Crippen molar-refractivity contribution in [1.82, 2.24) is 10.6 Å². The number of rotatable bonds is 1. The SMILES string of the molecule is O=C(NC1CNCCC1(F)F)C(F)(F)F. The Kier molecular flexibility index (Phi) is 3.17. The predicted octanol–water partition coefficient (Wildman–Crippen LogP) is 0.662. The summed E-state index contributed by atoms with van der Waals surface area (Å²) in [6.45, 7) is -0.347. The first-order chi connectivity index (χ1) is 6.73. The number of hydrogen-bond acceptors (Lipinski definition) is 2. The van der Waals surface area contributed by atoms with E-state index in [1.165, 1.54) is 5.32 Å². The molecule has 0 aromatic rings. The van der Waals surface area contributed by atoms with Crippen molar-refractivity contribution >= 4 is 5.91 Å². The third-order valence-electron chi connectivity index (χ3n) is 2.06. The number of carbonyl (C=O) groups excluding carboxylic acids is 1. The lowest BCUT2D eigenvalue weighted by atomic mass is 10.0. The van der Waals surface area contributed by atoms with Crippen molar-refractivity contribution < 1.29 is 26.7 Å². The number of hydrogen-bond donors (Lipinski definition) is 2. The maximum Gasteiger partial charge on any atom is 0.471 e. The molecule has 15 heavy (non-hydrogen) atoms. The van der Waals surface area contributed by atoms with Crippen LogP contribution in [-0.4, -0.2) is 37.1 Å². The molecule has 8 heteroatoms. The minimum Gasteiger partial charge on any atom is -0.338 e. The molecule has 1 fully saturated rings. The van der Waals surface area contributed by atoms with Crippen LogP contribution in [0.15, 0.2) is 0 Å². The topological polar surface area (TPSA) is 41.1 Å². The van der Waals surface area contributed by atoms with Gasteiger partial charge in [0.2, 0.25) is 0 Å². The number of halogens is 5. The van der Waals surface area contributed by atoms with Crippen LogP contribution in [0.3, 0.4) is 0 Å². The van der Waals surface area contributed by atoms with E-state index in [-0.39, 0.29) is 13.1 Å². The van der Waals surface area contributed by atoms with Gasteiger partial charge in [0.25, 0.3) is 5.92 Å². The normalized spacial score (nSPS) is 26.1. The highest BCUT2D eigenvalue weighted by Crippen LogP contribution is 2.26. The fraction of sp³-hybridized carbons (Fsp3) is 0.857. The summed E-state index contributed by atoms with van der Waals surface area (Å²) in [4.78, 5) is 10.4. The van der Waals surface area contributed by atoms with Crippen LogP contribution < -0.4 is 10.6 Å². The molecular weight excluding hydrogens is 223 g/mol. The van der Waals surface area contributed by atoms with Crippen molar-refractivity contribution in [2.45, 2.75) is 24.6 Å². The lowest BCUT2D eigenvalue weighted by Crippen LogP contribution is -2.59. The zero-order chi connectivity index (χ0) is 11.7. The van der Waals surface area contributed by atoms with Crippen LogP contribution in [0.5, 0.6) is 0 Å². The van der Waals surface area contributed by atoms with Crippen molar-refractivity contribution in [3.63, 3.8) is 0 Å². The molecule has 1 aliphatic heterocycles. The van der Waals surface area contributed by atoms with Gasteiger partial charge in [0.1, 0.15) is 6.04 Å². The Labute approximate surface area is 82.0 Å². The Morgan fingerprint density at radius 1 is 1.40 bits per heavy atom. The minimum absolute atomic E-state index is 0.0192. The second kappa shape index (κ2) is 3.92. The summed E-state index contributed by atoms with van der Waals surface area (Å²) in [5.41, 5.74) is 0. The second-order valence-electron chi connectivity index (χ2n) is 3.24. The van der Waals surface area contributed by atoms with Gasteiger partial charge >= 0.3 is 12.1 Å². The van der Waals surface area contributed by atoms with Gasteiger partial charge in [0.05, 0.1) is 0 Å². The molecule has 0 saturated carbocycles. The summed E-state index contributed by atoms with van der Waals surface area (Å²) in [6.07, 6.45) is -5.72. The Hall–Kier alpha value is -0.920. The quantitative estimate of drug-likeness (QED) is 0.652. The van der Waals surface area contributed by atoms with Gasteiger partial charge in [-0.25, -0.2) is 8.78 Å². The molecule has 0 bridgehead atoms. The van der Waals surface area contributed by atoms with E-state index >= 15 is 0 Å². The van der Waals surface area contributed by atoms with E-state index in [1.54, 1.807) is 0 Å². The zero-order valence-corrected chi connectivity index (χ0v) is 7.50. The van der Waals surface area contributed by atoms with Gasteiger partial charge in [0.15, 0.2) is 0 Å². The second-order valence-corrected chi connectivity index (χ2v) is 3.24. The molecule has 1 atom stereocenters. The Balaban J connectivity index is 2.61. The fourth-order valence-corrected chi connectivity index (χ4v) is 1.22. The Morgan fingerprint density at radius 3 is 2.47 bits per heavy atom. The molecule has 1 rings (SSSR count). The number of alkyl halides is 5. The molecule has 0 radical (unpaired) electrons. The number of piperidine rings is 1. The van der Waals surface area contributed by atoms with E-state index in [0.29, 0.717) is 0 Å². The average molecular weight is 232 g/mol. The molecule has 2 N–H and O–H groups in total. The smallest absolute Gasteiger partial charge is 0.338 e. The summed E-state index contributed by atoms with van der Waals surface area (Å²) in [5.74, 6) is -5.64. The van der Waals surface area contributed by atoms with Gasteiger partial charge in [-0.15, -0.1) is 0 Å². The molecule has 3 nitrogen and oxygen atoms in total. The maximum absolute atomic E-state index is 13.0. The van der Waals surface area contributed by atoms with Crippen molar-refractivity contribution in [3.05, 3.63) is 0 Å². The first kappa shape index (κ1) is 12.2. The molecule has 1 aliphatic rings. The van der Waals surface area contributed by atoms with E-state index in [2.05, 4.69) is 5.32 Å². The Bertz CT molecular complexity index is 252. The molecule has 1 saturated heterocycles. The monoisotopic (exact) mass is 232 g/mol. The highest BCUT2D eigenvalue weighted by molar-refractivity contribution is 5.82. The van der Waals surface area contributed by atoms with Crippen LogP contribution in [-0.2, 0) is 4.79 Å². The van der Waals surface area contributed by atoms with Gasteiger partial charge in [0, 0.05) is 19.5 Å². The highest BCUT2D eigenvalue weighted by Gasteiger charge is 2.47. The molecular formula is C7H9F5N2O. The van der Waals surface area contributed by atoms with Crippen LogP contribution in [0.4, 0.5) is 22.0 Å². The predicted molar refractivity (Wildman–Crippen MR) is 40.4 cm³/mol. The molecule has 1 heterocycles. The van der Waals surface area contributed by atoms with E-state index < -0.39 is 30.5 Å². The van der Waals surface area contributed by atoms with Crippen LogP contribution in [0.2, 0.25) is 0 Å². The molecule has 1 unspecified atom stereocenters. The van der Waals surface area contributed by atoms with Crippen molar-refractivity contribution in [1.29, 1.82) is 0 Å². The van der Waals surface area contributed by atoms with Gasteiger partial charge in [-0.2, -0.15) is 13.2 Å². The first-order valence-corrected chi connectivity index (χ1v) is 4.20. The Morgan fingerprint density at radius 2 is 2.00 bits per heavy atom. The van der Waals surface area contributed by atoms with E-state index in [9.17, 15) is 26.7 Å². The standard InChI is InChI=1S/C7H9F5N2O/c8-6(9)1-2-13-3-4(6)14-5(15)7(10,11)12/h4,13H,1-3H2,(H,14,15). The largest absolute Gasteiger partial charge is 0.471 e. The van der Waals surface area contributed by atoms with Crippen molar-refractivity contribution in [3.8, 4) is 0 Å². The maximum atomic E-state index is 13.0. The van der Waals surface area contributed by atoms with Gasteiger partial charge < -0.3 is 10.6 Å². The fourth-order valence-electron chi connectivity index (χ4n) is 1.22.